The number of aromatic nitrogens is 1. The number of ether oxygens (including phenoxy) is 1. The molecule has 0 unspecified atom stereocenters. The van der Waals surface area contributed by atoms with Crippen LogP contribution >= 0.6 is 11.3 Å². The molecule has 49 heavy (non-hydrogen) atoms. The van der Waals surface area contributed by atoms with Gasteiger partial charge in [0.1, 0.15) is 6.04 Å². The van der Waals surface area contributed by atoms with Crippen molar-refractivity contribution < 1.29 is 37.4 Å². The molecule has 5 aromatic rings. The van der Waals surface area contributed by atoms with Gasteiger partial charge in [-0.3, -0.25) is 4.79 Å². The lowest BCUT2D eigenvalue weighted by Crippen LogP contribution is -2.48. The Kier molecular flexibility index (Phi) is 9.26. The van der Waals surface area contributed by atoms with Crippen LogP contribution in [0.25, 0.3) is 10.2 Å². The van der Waals surface area contributed by atoms with Crippen molar-refractivity contribution in [2.45, 2.75) is 49.0 Å². The fourth-order valence-corrected chi connectivity index (χ4v) is 7.83. The van der Waals surface area contributed by atoms with Gasteiger partial charge in [0.2, 0.25) is 15.9 Å². The van der Waals surface area contributed by atoms with Crippen molar-refractivity contribution in [2.24, 2.45) is 0 Å². The number of rotatable bonds is 15. The minimum Gasteiger partial charge on any atom is -0.453 e. The molecule has 0 radical (unpaired) electrons. The van der Waals surface area contributed by atoms with Crippen molar-refractivity contribution in [2.75, 3.05) is 25.5 Å². The lowest BCUT2D eigenvalue weighted by Gasteiger charge is -2.30. The molecule has 0 spiro atoms. The fourth-order valence-electron chi connectivity index (χ4n) is 5.57. The Labute approximate surface area is 300 Å². The van der Waals surface area contributed by atoms with E-state index >= 15 is 0 Å². The minimum absolute atomic E-state index is 0.107. The third-order valence-electron chi connectivity index (χ3n) is 7.98. The third kappa shape index (κ3) is 8.52. The van der Waals surface area contributed by atoms with E-state index in [-0.39, 0.29) is 22.8 Å². The lowest BCUT2D eigenvalue weighted by atomic mass is 9.84. The van der Waals surface area contributed by atoms with Crippen molar-refractivity contribution in [1.29, 1.82) is 0 Å². The Bertz CT molecular complexity index is 2200. The monoisotopic (exact) mass is 707 g/mol. The summed E-state index contributed by atoms with van der Waals surface area (Å²) in [5, 5.41) is 16.2. The van der Waals surface area contributed by atoms with E-state index in [4.69, 9.17) is 14.3 Å². The summed E-state index contributed by atoms with van der Waals surface area (Å²) in [6.45, 7) is -8.35. The third-order valence-corrected chi connectivity index (χ3v) is 10.5. The summed E-state index contributed by atoms with van der Waals surface area (Å²) < 4.78 is 91.7. The molecule has 0 bridgehead atoms. The first-order valence-corrected chi connectivity index (χ1v) is 17.6. The lowest BCUT2D eigenvalue weighted by molar-refractivity contribution is -0.118. The zero-order valence-electron chi connectivity index (χ0n) is 33.4. The molecule has 0 aliphatic carbocycles. The summed E-state index contributed by atoms with van der Waals surface area (Å²) >= 11 is 1.11. The summed E-state index contributed by atoms with van der Waals surface area (Å²) in [5.74, 6) is -1.31. The van der Waals surface area contributed by atoms with Gasteiger partial charge in [0.25, 0.3) is 0 Å². The van der Waals surface area contributed by atoms with Gasteiger partial charge in [0.05, 0.1) is 34.3 Å². The molecule has 0 saturated heterocycles. The minimum atomic E-state index is -5.04. The number of aliphatic hydroxyl groups is 1. The highest BCUT2D eigenvalue weighted by Crippen LogP contribution is 2.31. The molecule has 2 amide bonds. The average Bonchev–Trinajstić information content (AvgIpc) is 3.65. The fraction of sp³-hybridized carbons (Fsp3) is 0.270. The Morgan fingerprint density at radius 2 is 1.67 bits per heavy atom. The molecule has 2 atom stereocenters. The molecule has 5 rings (SSSR count). The predicted octanol–water partition coefficient (Wildman–Crippen LogP) is 6.19. The molecule has 1 aromatic heterocycles. The van der Waals surface area contributed by atoms with Crippen molar-refractivity contribution in [3.63, 3.8) is 0 Å². The van der Waals surface area contributed by atoms with Gasteiger partial charge in [-0.15, -0.1) is 11.3 Å². The molecule has 10 nitrogen and oxygen atoms in total. The maximum atomic E-state index is 14.3. The molecular formula is C37H40N4O6S2. The molecular weight excluding hydrogens is 661 g/mol. The quantitative estimate of drug-likeness (QED) is 0.118. The summed E-state index contributed by atoms with van der Waals surface area (Å²) in [6, 6.07) is 25.5. The number of benzene rings is 4. The highest BCUT2D eigenvalue weighted by atomic mass is 32.2. The molecule has 0 aliphatic heterocycles. The molecule has 0 saturated carbocycles. The van der Waals surface area contributed by atoms with Crippen LogP contribution in [-0.4, -0.2) is 67.1 Å². The Morgan fingerprint density at radius 1 is 1.00 bits per heavy atom. The number of aliphatic hydroxyl groups excluding tert-OH is 1. The highest BCUT2D eigenvalue weighted by molar-refractivity contribution is 7.89. The number of hydrogen-bond acceptors (Lipinski definition) is 8. The molecule has 3 N–H and O–H groups in total. The van der Waals surface area contributed by atoms with Crippen molar-refractivity contribution in [3.05, 3.63) is 125 Å². The van der Waals surface area contributed by atoms with E-state index in [9.17, 15) is 23.1 Å². The molecule has 0 aliphatic rings. The van der Waals surface area contributed by atoms with Crippen LogP contribution in [0.3, 0.4) is 0 Å². The number of carbonyl (C=O) groups excluding carboxylic acids is 2. The van der Waals surface area contributed by atoms with Gasteiger partial charge in [0, 0.05) is 33.7 Å². The van der Waals surface area contributed by atoms with Crippen LogP contribution in [0.1, 0.15) is 51.8 Å². The summed E-state index contributed by atoms with van der Waals surface area (Å²) in [4.78, 5) is 30.6. The second kappa shape index (κ2) is 16.7. The van der Waals surface area contributed by atoms with Crippen LogP contribution in [-0.2, 0) is 26.0 Å². The van der Waals surface area contributed by atoms with Crippen LogP contribution in [0, 0.1) is 0 Å². The van der Waals surface area contributed by atoms with E-state index in [1.807, 2.05) is 36.4 Å². The first kappa shape index (κ1) is 27.2. The second-order valence-electron chi connectivity index (χ2n) is 11.0. The Hall–Kier alpha value is -4.62. The van der Waals surface area contributed by atoms with E-state index in [1.54, 1.807) is 48.5 Å². The van der Waals surface area contributed by atoms with Crippen LogP contribution in [0.2, 0.25) is 0 Å². The van der Waals surface area contributed by atoms with Gasteiger partial charge >= 0.3 is 6.09 Å². The van der Waals surface area contributed by atoms with Gasteiger partial charge in [-0.05, 0) is 60.2 Å². The standard InChI is InChI=1S/C37H40N4O6S2/c1-3-22-41(49(45,46)30-20-21-32-33(23-30)48-25-38-32)29(24-42)19-18-26-12-10-11-17-31(26)39-36(43)35(40-37(44)47-2)34(27-13-6-4-7-14-27)28-15-8-5-9-16-28/h4-17,20-21,23,25,29,34-35,42H,3,18-19,22,24H2,1-2H3,(H,39,43)(H,40,44)/t29-,35-/m0/s1/i1D3,3D2,22D2. The van der Waals surface area contributed by atoms with E-state index in [1.165, 1.54) is 24.8 Å². The number of sulfonamides is 1. The molecule has 12 heteroatoms. The number of nitrogens with one attached hydrogen (secondary N) is 2. The Morgan fingerprint density at radius 3 is 2.33 bits per heavy atom. The van der Waals surface area contributed by atoms with Crippen LogP contribution in [0.5, 0.6) is 0 Å². The number of amides is 2. The van der Waals surface area contributed by atoms with Crippen LogP contribution < -0.4 is 10.6 Å². The summed E-state index contributed by atoms with van der Waals surface area (Å²) in [6.07, 6.45) is -5.05. The highest BCUT2D eigenvalue weighted by Gasteiger charge is 2.34. The zero-order valence-corrected chi connectivity index (χ0v) is 28.1. The number of methoxy groups -OCH3 is 1. The number of para-hydroxylation sites is 1. The smallest absolute Gasteiger partial charge is 0.407 e. The number of thiazole rings is 1. The van der Waals surface area contributed by atoms with E-state index < -0.39 is 71.2 Å². The summed E-state index contributed by atoms with van der Waals surface area (Å²) in [5.41, 5.74) is 4.04. The normalized spacial score (nSPS) is 15.9. The van der Waals surface area contributed by atoms with Gasteiger partial charge in [-0.1, -0.05) is 85.7 Å². The Balaban J connectivity index is 1.50. The maximum absolute atomic E-state index is 14.3. The molecule has 256 valence electrons. The van der Waals surface area contributed by atoms with Gasteiger partial charge in [-0.2, -0.15) is 4.31 Å². The van der Waals surface area contributed by atoms with Crippen molar-refractivity contribution >= 4 is 49.3 Å². The predicted molar refractivity (Wildman–Crippen MR) is 192 cm³/mol. The van der Waals surface area contributed by atoms with E-state index in [0.717, 1.165) is 28.5 Å². The topological polar surface area (TPSA) is 138 Å². The van der Waals surface area contributed by atoms with Crippen molar-refractivity contribution in [1.82, 2.24) is 14.6 Å². The second-order valence-corrected chi connectivity index (χ2v) is 13.7. The molecule has 0 fully saturated rings. The zero-order chi connectivity index (χ0) is 40.9. The number of hydrogen-bond donors (Lipinski definition) is 3. The van der Waals surface area contributed by atoms with Gasteiger partial charge in [0.15, 0.2) is 0 Å². The molecule has 4 aromatic carbocycles. The average molecular weight is 708 g/mol. The first-order valence-electron chi connectivity index (χ1n) is 18.8. The number of nitrogens with zero attached hydrogens (tertiary/aromatic N) is 2. The number of alkyl carbamates (subject to hydrolysis) is 1. The van der Waals surface area contributed by atoms with Crippen LogP contribution in [0.4, 0.5) is 10.5 Å². The number of aryl methyl sites for hydroxylation is 1. The number of fused-ring (bicyclic) bond motifs is 1. The van der Waals surface area contributed by atoms with Gasteiger partial charge < -0.3 is 20.5 Å². The van der Waals surface area contributed by atoms with E-state index in [2.05, 4.69) is 15.6 Å². The largest absolute Gasteiger partial charge is 0.453 e. The SMILES string of the molecule is [2H]C([2H])([2H])C([2H])([2H])C([2H])([2H])N([C@H](CO)CCc1ccccc1NC(=O)[C@@H](NC(=O)OC)C(c1ccccc1)c1ccccc1)S(=O)(=O)c1ccc2ncsc2c1. The van der Waals surface area contributed by atoms with Crippen molar-refractivity contribution in [3.8, 4) is 0 Å². The first-order chi connectivity index (χ1) is 26.4. The van der Waals surface area contributed by atoms with Gasteiger partial charge in [-0.25, -0.2) is 18.2 Å². The molecule has 1 heterocycles. The van der Waals surface area contributed by atoms with E-state index in [0.29, 0.717) is 15.8 Å². The summed E-state index contributed by atoms with van der Waals surface area (Å²) in [7, 11) is -3.87. The number of carbonyl (C=O) groups is 2. The maximum Gasteiger partial charge on any atom is 0.407 e. The number of anilines is 1. The van der Waals surface area contributed by atoms with Crippen LogP contribution in [0.15, 0.2) is 114 Å².